The molecule has 1 fully saturated rings. The van der Waals surface area contributed by atoms with Gasteiger partial charge in [0.05, 0.1) is 11.4 Å². The van der Waals surface area contributed by atoms with Gasteiger partial charge < -0.3 is 5.32 Å². The van der Waals surface area contributed by atoms with E-state index in [1.807, 2.05) is 6.92 Å². The van der Waals surface area contributed by atoms with Crippen molar-refractivity contribution >= 4 is 27.3 Å². The summed E-state index contributed by atoms with van der Waals surface area (Å²) in [5, 5.41) is 2.89. The molecule has 1 aromatic rings. The molecule has 0 saturated heterocycles. The Morgan fingerprint density at radius 1 is 1.26 bits per heavy atom. The van der Waals surface area contributed by atoms with Crippen molar-refractivity contribution in [2.45, 2.75) is 52.4 Å². The summed E-state index contributed by atoms with van der Waals surface area (Å²) in [6.07, 6.45) is 6.59. The molecule has 128 valence electrons. The molecule has 0 bridgehead atoms. The molecular weight excluding hydrogens is 312 g/mol. The number of benzene rings is 1. The van der Waals surface area contributed by atoms with Gasteiger partial charge in [0.25, 0.3) is 0 Å². The zero-order valence-corrected chi connectivity index (χ0v) is 14.7. The molecule has 1 aliphatic carbocycles. The van der Waals surface area contributed by atoms with Crippen LogP contribution >= 0.6 is 0 Å². The van der Waals surface area contributed by atoms with E-state index in [4.69, 9.17) is 0 Å². The second-order valence-electron chi connectivity index (χ2n) is 6.27. The van der Waals surface area contributed by atoms with Crippen LogP contribution in [0.15, 0.2) is 18.2 Å². The van der Waals surface area contributed by atoms with E-state index in [0.717, 1.165) is 12.0 Å². The van der Waals surface area contributed by atoms with Crippen molar-refractivity contribution in [2.24, 2.45) is 5.92 Å². The third kappa shape index (κ3) is 5.53. The second kappa shape index (κ2) is 7.81. The highest BCUT2D eigenvalue weighted by Crippen LogP contribution is 2.28. The zero-order valence-electron chi connectivity index (χ0n) is 13.9. The summed E-state index contributed by atoms with van der Waals surface area (Å²) < 4.78 is 25.8. The molecule has 1 saturated carbocycles. The van der Waals surface area contributed by atoms with E-state index in [1.165, 1.54) is 25.7 Å². The fourth-order valence-corrected chi connectivity index (χ4v) is 3.66. The second-order valence-corrected chi connectivity index (χ2v) is 8.28. The fourth-order valence-electron chi connectivity index (χ4n) is 2.95. The van der Waals surface area contributed by atoms with Crippen molar-refractivity contribution in [2.75, 3.05) is 15.8 Å². The number of amides is 1. The number of rotatable bonds is 7. The average molecular weight is 338 g/mol. The smallest absolute Gasteiger partial charge is 0.232 e. The molecule has 0 atom stereocenters. The van der Waals surface area contributed by atoms with E-state index in [0.29, 0.717) is 23.7 Å². The van der Waals surface area contributed by atoms with Crippen LogP contribution in [0.4, 0.5) is 11.4 Å². The van der Waals surface area contributed by atoms with Crippen molar-refractivity contribution in [3.63, 3.8) is 0 Å². The maximum atomic E-state index is 12.0. The molecule has 1 aromatic carbocycles. The molecule has 2 N–H and O–H groups in total. The van der Waals surface area contributed by atoms with Crippen LogP contribution in [0.1, 0.15) is 51.0 Å². The maximum absolute atomic E-state index is 12.0. The maximum Gasteiger partial charge on any atom is 0.232 e. The molecular formula is C17H26N2O3S. The lowest BCUT2D eigenvalue weighted by atomic mass is 10.0. The first-order valence-corrected chi connectivity index (χ1v) is 9.96. The molecule has 0 spiro atoms. The van der Waals surface area contributed by atoms with Gasteiger partial charge in [0.2, 0.25) is 15.9 Å². The van der Waals surface area contributed by atoms with Crippen molar-refractivity contribution in [1.82, 2.24) is 0 Å². The minimum Gasteiger partial charge on any atom is -0.326 e. The third-order valence-corrected chi connectivity index (χ3v) is 5.70. The summed E-state index contributed by atoms with van der Waals surface area (Å²) in [6, 6.07) is 5.21. The molecule has 1 amide bonds. The predicted octanol–water partition coefficient (Wildman–Crippen LogP) is 3.67. The van der Waals surface area contributed by atoms with Crippen LogP contribution in [-0.4, -0.2) is 20.1 Å². The first-order chi connectivity index (χ1) is 10.9. The SMILES string of the molecule is CCS(=O)(=O)Nc1ccc(NC(=O)CCC2CCCC2)cc1C. The average Bonchev–Trinajstić information content (AvgIpc) is 3.01. The number of carbonyl (C=O) groups is 1. The number of aryl methyl sites for hydroxylation is 1. The first-order valence-electron chi connectivity index (χ1n) is 8.30. The number of hydrogen-bond donors (Lipinski definition) is 2. The van der Waals surface area contributed by atoms with Crippen LogP contribution < -0.4 is 10.0 Å². The quantitative estimate of drug-likeness (QED) is 0.796. The van der Waals surface area contributed by atoms with E-state index in [1.54, 1.807) is 25.1 Å². The van der Waals surface area contributed by atoms with Crippen molar-refractivity contribution in [1.29, 1.82) is 0 Å². The molecule has 0 aromatic heterocycles. The van der Waals surface area contributed by atoms with Gasteiger partial charge in [-0.3, -0.25) is 9.52 Å². The van der Waals surface area contributed by atoms with Crippen LogP contribution in [0.25, 0.3) is 0 Å². The van der Waals surface area contributed by atoms with Gasteiger partial charge in [-0.25, -0.2) is 8.42 Å². The lowest BCUT2D eigenvalue weighted by Gasteiger charge is -2.12. The molecule has 2 rings (SSSR count). The van der Waals surface area contributed by atoms with Crippen molar-refractivity contribution in [3.8, 4) is 0 Å². The predicted molar refractivity (Wildman–Crippen MR) is 94.1 cm³/mol. The van der Waals surface area contributed by atoms with Gasteiger partial charge in [0.15, 0.2) is 0 Å². The molecule has 0 unspecified atom stereocenters. The Hall–Kier alpha value is -1.56. The van der Waals surface area contributed by atoms with Crippen LogP contribution in [0.2, 0.25) is 0 Å². The summed E-state index contributed by atoms with van der Waals surface area (Å²) in [5.74, 6) is 0.762. The summed E-state index contributed by atoms with van der Waals surface area (Å²) in [6.45, 7) is 3.41. The van der Waals surface area contributed by atoms with Gasteiger partial charge >= 0.3 is 0 Å². The monoisotopic (exact) mass is 338 g/mol. The van der Waals surface area contributed by atoms with Crippen LogP contribution in [-0.2, 0) is 14.8 Å². The Bertz CT molecular complexity index is 650. The summed E-state index contributed by atoms with van der Waals surface area (Å²) >= 11 is 0. The molecule has 0 radical (unpaired) electrons. The van der Waals surface area contributed by atoms with Gasteiger partial charge in [-0.1, -0.05) is 25.7 Å². The van der Waals surface area contributed by atoms with E-state index in [2.05, 4.69) is 10.0 Å². The first kappa shape index (κ1) is 17.8. The van der Waals surface area contributed by atoms with E-state index in [9.17, 15) is 13.2 Å². The van der Waals surface area contributed by atoms with Gasteiger partial charge in [-0.05, 0) is 49.9 Å². The van der Waals surface area contributed by atoms with Crippen molar-refractivity contribution < 1.29 is 13.2 Å². The third-order valence-electron chi connectivity index (χ3n) is 4.41. The Balaban J connectivity index is 1.90. The molecule has 1 aliphatic rings. The van der Waals surface area contributed by atoms with Crippen LogP contribution in [0.3, 0.4) is 0 Å². The zero-order chi connectivity index (χ0) is 16.9. The van der Waals surface area contributed by atoms with E-state index >= 15 is 0 Å². The lowest BCUT2D eigenvalue weighted by Crippen LogP contribution is -2.16. The number of nitrogens with one attached hydrogen (secondary N) is 2. The minimum absolute atomic E-state index is 0.0261. The van der Waals surface area contributed by atoms with Crippen molar-refractivity contribution in [3.05, 3.63) is 23.8 Å². The highest BCUT2D eigenvalue weighted by molar-refractivity contribution is 7.92. The van der Waals surface area contributed by atoms with Gasteiger partial charge in [-0.15, -0.1) is 0 Å². The Kier molecular flexibility index (Phi) is 6.04. The van der Waals surface area contributed by atoms with E-state index in [-0.39, 0.29) is 11.7 Å². The molecule has 0 aliphatic heterocycles. The molecule has 5 nitrogen and oxygen atoms in total. The number of anilines is 2. The fraction of sp³-hybridized carbons (Fsp3) is 0.588. The largest absolute Gasteiger partial charge is 0.326 e. The number of carbonyl (C=O) groups excluding carboxylic acids is 1. The Morgan fingerprint density at radius 2 is 1.96 bits per heavy atom. The lowest BCUT2D eigenvalue weighted by molar-refractivity contribution is -0.116. The Morgan fingerprint density at radius 3 is 2.57 bits per heavy atom. The van der Waals surface area contributed by atoms with Crippen LogP contribution in [0.5, 0.6) is 0 Å². The van der Waals surface area contributed by atoms with Gasteiger partial charge in [-0.2, -0.15) is 0 Å². The number of hydrogen-bond acceptors (Lipinski definition) is 3. The highest BCUT2D eigenvalue weighted by Gasteiger charge is 2.16. The van der Waals surface area contributed by atoms with Crippen LogP contribution in [0, 0.1) is 12.8 Å². The summed E-state index contributed by atoms with van der Waals surface area (Å²) in [4.78, 5) is 12.0. The standard InChI is InChI=1S/C17H26N2O3S/c1-3-23(21,22)19-16-10-9-15(12-13(16)2)18-17(20)11-8-14-6-4-5-7-14/h9-10,12,14,19H,3-8,11H2,1-2H3,(H,18,20). The summed E-state index contributed by atoms with van der Waals surface area (Å²) in [5.41, 5.74) is 2.05. The van der Waals surface area contributed by atoms with Gasteiger partial charge in [0.1, 0.15) is 0 Å². The Labute approximate surface area is 138 Å². The molecule has 0 heterocycles. The van der Waals surface area contributed by atoms with E-state index < -0.39 is 10.0 Å². The highest BCUT2D eigenvalue weighted by atomic mass is 32.2. The number of sulfonamides is 1. The summed E-state index contributed by atoms with van der Waals surface area (Å²) in [7, 11) is -3.29. The van der Waals surface area contributed by atoms with Gasteiger partial charge in [0, 0.05) is 12.1 Å². The normalized spacial score (nSPS) is 15.6. The topological polar surface area (TPSA) is 75.3 Å². The minimum atomic E-state index is -3.29. The molecule has 23 heavy (non-hydrogen) atoms. The molecule has 6 heteroatoms.